The highest BCUT2D eigenvalue weighted by atomic mass is 16.5. The zero-order valence-corrected chi connectivity index (χ0v) is 20.4. The second-order valence-corrected chi connectivity index (χ2v) is 8.27. The lowest BCUT2D eigenvalue weighted by Gasteiger charge is -2.25. The van der Waals surface area contributed by atoms with Crippen LogP contribution in [-0.4, -0.2) is 47.5 Å². The van der Waals surface area contributed by atoms with Crippen LogP contribution >= 0.6 is 0 Å². The van der Waals surface area contributed by atoms with Crippen LogP contribution in [0.25, 0.3) is 5.76 Å². The number of hydrogen-bond donors (Lipinski definition) is 1. The molecule has 0 spiro atoms. The minimum Gasteiger partial charge on any atom is -0.507 e. The third-order valence-electron chi connectivity index (χ3n) is 5.97. The van der Waals surface area contributed by atoms with E-state index in [1.54, 1.807) is 54.9 Å². The third kappa shape index (κ3) is 4.88. The Morgan fingerprint density at radius 1 is 0.972 bits per heavy atom. The standard InChI is InChI=1S/C28H28N2O6/c1-4-15-36-21-8-5-19(6-9-21)25-24(26(31)20-7-10-22(34-2)23(16-20)35-3)27(32)28(33)30(25)17-18-11-13-29-14-12-18/h5-14,16,25,31H,4,15,17H2,1-3H3/b26-24+. The normalized spacial score (nSPS) is 16.8. The number of methoxy groups -OCH3 is 2. The summed E-state index contributed by atoms with van der Waals surface area (Å²) in [6.07, 6.45) is 4.13. The van der Waals surface area contributed by atoms with E-state index in [9.17, 15) is 14.7 Å². The minimum atomic E-state index is -0.800. The van der Waals surface area contributed by atoms with Gasteiger partial charge in [-0.2, -0.15) is 0 Å². The summed E-state index contributed by atoms with van der Waals surface area (Å²) in [4.78, 5) is 32.0. The van der Waals surface area contributed by atoms with Gasteiger partial charge >= 0.3 is 0 Å². The molecule has 0 aliphatic carbocycles. The number of aliphatic hydroxyl groups is 1. The van der Waals surface area contributed by atoms with Gasteiger partial charge in [0.25, 0.3) is 11.7 Å². The Kier molecular flexibility index (Phi) is 7.53. The van der Waals surface area contributed by atoms with E-state index in [1.807, 2.05) is 19.1 Å². The van der Waals surface area contributed by atoms with Crippen molar-refractivity contribution in [1.29, 1.82) is 0 Å². The molecule has 1 aliphatic heterocycles. The van der Waals surface area contributed by atoms with Gasteiger partial charge in [-0.25, -0.2) is 0 Å². The van der Waals surface area contributed by atoms with Crippen LogP contribution in [0.4, 0.5) is 0 Å². The highest BCUT2D eigenvalue weighted by Gasteiger charge is 2.46. The Morgan fingerprint density at radius 3 is 2.31 bits per heavy atom. The predicted molar refractivity (Wildman–Crippen MR) is 134 cm³/mol. The number of ketones is 1. The second-order valence-electron chi connectivity index (χ2n) is 8.27. The van der Waals surface area contributed by atoms with Gasteiger partial charge in [0.2, 0.25) is 0 Å². The van der Waals surface area contributed by atoms with Crippen molar-refractivity contribution in [3.8, 4) is 17.2 Å². The second kappa shape index (κ2) is 10.9. The minimum absolute atomic E-state index is 0.00324. The Bertz CT molecular complexity index is 1270. The molecule has 1 amide bonds. The van der Waals surface area contributed by atoms with Crippen LogP contribution in [-0.2, 0) is 16.1 Å². The van der Waals surface area contributed by atoms with Crippen LogP contribution in [0.15, 0.2) is 72.6 Å². The van der Waals surface area contributed by atoms with Crippen LogP contribution < -0.4 is 14.2 Å². The van der Waals surface area contributed by atoms with E-state index < -0.39 is 17.7 Å². The van der Waals surface area contributed by atoms with Crippen molar-refractivity contribution in [1.82, 2.24) is 9.88 Å². The van der Waals surface area contributed by atoms with E-state index >= 15 is 0 Å². The molecule has 1 N–H and O–H groups in total. The number of pyridine rings is 1. The van der Waals surface area contributed by atoms with Crippen molar-refractivity contribution in [2.45, 2.75) is 25.9 Å². The maximum absolute atomic E-state index is 13.3. The van der Waals surface area contributed by atoms with Gasteiger partial charge < -0.3 is 24.2 Å². The highest BCUT2D eigenvalue weighted by molar-refractivity contribution is 6.46. The van der Waals surface area contributed by atoms with Crippen LogP contribution in [0, 0.1) is 0 Å². The van der Waals surface area contributed by atoms with Crippen molar-refractivity contribution < 1.29 is 28.9 Å². The van der Waals surface area contributed by atoms with Crippen LogP contribution in [0.2, 0.25) is 0 Å². The van der Waals surface area contributed by atoms with E-state index in [-0.39, 0.29) is 17.9 Å². The molecule has 1 atom stereocenters. The first-order chi connectivity index (χ1) is 17.5. The van der Waals surface area contributed by atoms with Crippen LogP contribution in [0.3, 0.4) is 0 Å². The molecule has 0 saturated carbocycles. The molecule has 1 unspecified atom stereocenters. The number of amides is 1. The Balaban J connectivity index is 1.82. The molecular weight excluding hydrogens is 460 g/mol. The number of ether oxygens (including phenoxy) is 3. The third-order valence-corrected chi connectivity index (χ3v) is 5.97. The summed E-state index contributed by atoms with van der Waals surface area (Å²) in [5.41, 5.74) is 1.83. The number of likely N-dealkylation sites (tertiary alicyclic amines) is 1. The van der Waals surface area contributed by atoms with E-state index in [0.29, 0.717) is 35.0 Å². The largest absolute Gasteiger partial charge is 0.507 e. The first-order valence-electron chi connectivity index (χ1n) is 11.6. The summed E-state index contributed by atoms with van der Waals surface area (Å²) in [5.74, 6) is -0.180. The molecule has 8 heteroatoms. The highest BCUT2D eigenvalue weighted by Crippen LogP contribution is 2.41. The lowest BCUT2D eigenvalue weighted by molar-refractivity contribution is -0.140. The van der Waals surface area contributed by atoms with Gasteiger partial charge in [0.05, 0.1) is 32.4 Å². The monoisotopic (exact) mass is 488 g/mol. The summed E-state index contributed by atoms with van der Waals surface area (Å²) >= 11 is 0. The van der Waals surface area contributed by atoms with Crippen molar-refractivity contribution in [2.75, 3.05) is 20.8 Å². The van der Waals surface area contributed by atoms with Crippen LogP contribution in [0.5, 0.6) is 17.2 Å². The number of Topliss-reactive ketones (excluding diaryl/α,β-unsaturated/α-hetero) is 1. The van der Waals surface area contributed by atoms with E-state index in [4.69, 9.17) is 14.2 Å². The smallest absolute Gasteiger partial charge is 0.295 e. The molecule has 0 radical (unpaired) electrons. The molecule has 36 heavy (non-hydrogen) atoms. The molecule has 186 valence electrons. The number of aliphatic hydroxyl groups excluding tert-OH is 1. The number of hydrogen-bond acceptors (Lipinski definition) is 7. The van der Waals surface area contributed by atoms with Crippen molar-refractivity contribution >= 4 is 17.4 Å². The van der Waals surface area contributed by atoms with Gasteiger partial charge in [0.1, 0.15) is 11.5 Å². The molecule has 8 nitrogen and oxygen atoms in total. The molecular formula is C28H28N2O6. The summed E-state index contributed by atoms with van der Waals surface area (Å²) in [6, 6.07) is 14.8. The van der Waals surface area contributed by atoms with Crippen molar-refractivity contribution in [2.24, 2.45) is 0 Å². The molecule has 4 rings (SSSR count). The maximum Gasteiger partial charge on any atom is 0.295 e. The van der Waals surface area contributed by atoms with Crippen molar-refractivity contribution in [3.63, 3.8) is 0 Å². The summed E-state index contributed by atoms with van der Waals surface area (Å²) in [5, 5.41) is 11.3. The fraction of sp³-hybridized carbons (Fsp3) is 0.250. The topological polar surface area (TPSA) is 98.2 Å². The molecule has 2 heterocycles. The lowest BCUT2D eigenvalue weighted by Crippen LogP contribution is -2.29. The zero-order chi connectivity index (χ0) is 25.7. The first kappa shape index (κ1) is 24.8. The molecule has 2 aromatic carbocycles. The number of carbonyl (C=O) groups excluding carboxylic acids is 2. The molecule has 1 aliphatic rings. The number of nitrogens with zero attached hydrogens (tertiary/aromatic N) is 2. The Morgan fingerprint density at radius 2 is 1.67 bits per heavy atom. The molecule has 1 saturated heterocycles. The van der Waals surface area contributed by atoms with Gasteiger partial charge in [0.15, 0.2) is 11.5 Å². The average molecular weight is 489 g/mol. The van der Waals surface area contributed by atoms with Gasteiger partial charge in [-0.1, -0.05) is 19.1 Å². The first-order valence-corrected chi connectivity index (χ1v) is 11.6. The fourth-order valence-electron chi connectivity index (χ4n) is 4.18. The summed E-state index contributed by atoms with van der Waals surface area (Å²) in [6.45, 7) is 2.78. The molecule has 3 aromatic rings. The molecule has 0 bridgehead atoms. The van der Waals surface area contributed by atoms with E-state index in [0.717, 1.165) is 12.0 Å². The predicted octanol–water partition coefficient (Wildman–Crippen LogP) is 4.51. The molecule has 1 fully saturated rings. The lowest BCUT2D eigenvalue weighted by atomic mass is 9.95. The number of benzene rings is 2. The SMILES string of the molecule is CCCOc1ccc(C2/C(=C(\O)c3ccc(OC)c(OC)c3)C(=O)C(=O)N2Cc2ccncc2)cc1. The van der Waals surface area contributed by atoms with E-state index in [1.165, 1.54) is 19.1 Å². The van der Waals surface area contributed by atoms with Gasteiger partial charge in [0, 0.05) is 24.5 Å². The van der Waals surface area contributed by atoms with Gasteiger partial charge in [-0.3, -0.25) is 14.6 Å². The van der Waals surface area contributed by atoms with Gasteiger partial charge in [-0.05, 0) is 60.0 Å². The zero-order valence-electron chi connectivity index (χ0n) is 20.4. The number of aromatic nitrogens is 1. The summed E-state index contributed by atoms with van der Waals surface area (Å²) < 4.78 is 16.3. The van der Waals surface area contributed by atoms with Crippen molar-refractivity contribution in [3.05, 3.63) is 89.3 Å². The summed E-state index contributed by atoms with van der Waals surface area (Å²) in [7, 11) is 2.99. The fourth-order valence-corrected chi connectivity index (χ4v) is 4.18. The number of rotatable bonds is 9. The Hall–Kier alpha value is -4.33. The van der Waals surface area contributed by atoms with Gasteiger partial charge in [-0.15, -0.1) is 0 Å². The maximum atomic E-state index is 13.3. The quantitative estimate of drug-likeness (QED) is 0.269. The van der Waals surface area contributed by atoms with Crippen LogP contribution in [0.1, 0.15) is 36.1 Å². The number of carbonyl (C=O) groups is 2. The Labute approximate surface area is 209 Å². The molecule has 1 aromatic heterocycles. The van der Waals surface area contributed by atoms with E-state index in [2.05, 4.69) is 4.98 Å². The average Bonchev–Trinajstić information content (AvgIpc) is 3.16.